The van der Waals surface area contributed by atoms with Crippen LogP contribution in [0.25, 0.3) is 0 Å². The third-order valence-electron chi connectivity index (χ3n) is 2.34. The molecule has 0 aliphatic carbocycles. The molecule has 1 aromatic carbocycles. The van der Waals surface area contributed by atoms with E-state index in [1.165, 1.54) is 6.07 Å². The molecule has 0 saturated carbocycles. The van der Waals surface area contributed by atoms with Gasteiger partial charge in [-0.15, -0.1) is 0 Å². The van der Waals surface area contributed by atoms with Crippen LogP contribution in [-0.2, 0) is 10.0 Å². The average molecular weight is 305 g/mol. The molecule has 0 spiro atoms. The van der Waals surface area contributed by atoms with Crippen LogP contribution in [0.1, 0.15) is 13.8 Å². The topological polar surface area (TPSA) is 101 Å². The Morgan fingerprint density at radius 3 is 2.50 bits per heavy atom. The number of halogens is 1. The van der Waals surface area contributed by atoms with Gasteiger partial charge in [-0.05, 0) is 26.0 Å². The molecule has 0 bridgehead atoms. The van der Waals surface area contributed by atoms with Crippen LogP contribution in [0.4, 0.5) is 15.8 Å². The van der Waals surface area contributed by atoms with Gasteiger partial charge in [-0.1, -0.05) is 0 Å². The normalized spacial score (nSPS) is 12.2. The summed E-state index contributed by atoms with van der Waals surface area (Å²) in [5.74, 6) is -0.712. The van der Waals surface area contributed by atoms with Crippen LogP contribution in [0, 0.1) is 15.9 Å². The van der Waals surface area contributed by atoms with E-state index in [-0.39, 0.29) is 12.2 Å². The summed E-state index contributed by atoms with van der Waals surface area (Å²) in [4.78, 5) is 10.1. The van der Waals surface area contributed by atoms with Gasteiger partial charge in [0.25, 0.3) is 5.69 Å². The summed E-state index contributed by atoms with van der Waals surface area (Å²) in [5, 5.41) is 13.6. The van der Waals surface area contributed by atoms with Gasteiger partial charge in [-0.25, -0.2) is 17.5 Å². The van der Waals surface area contributed by atoms with Gasteiger partial charge in [0.1, 0.15) is 11.5 Å². The molecular formula is C11H16FN3O4S. The predicted octanol–water partition coefficient (Wildman–Crippen LogP) is 1.47. The Bertz CT molecular complexity index is 616. The molecule has 0 heterocycles. The van der Waals surface area contributed by atoms with Gasteiger partial charge in [0, 0.05) is 12.1 Å². The SMILES string of the molecule is CC(C)(CNc1ccc(F)cc1[N+](=O)[O-])NS(C)(=O)=O. The number of nitro groups is 1. The lowest BCUT2D eigenvalue weighted by atomic mass is 10.1. The van der Waals surface area contributed by atoms with E-state index in [0.29, 0.717) is 0 Å². The van der Waals surface area contributed by atoms with Crippen molar-refractivity contribution in [2.24, 2.45) is 0 Å². The maximum Gasteiger partial charge on any atom is 0.295 e. The maximum absolute atomic E-state index is 13.0. The van der Waals surface area contributed by atoms with Gasteiger partial charge in [0.2, 0.25) is 10.0 Å². The maximum atomic E-state index is 13.0. The van der Waals surface area contributed by atoms with Crippen molar-refractivity contribution in [3.05, 3.63) is 34.1 Å². The fraction of sp³-hybridized carbons (Fsp3) is 0.455. The highest BCUT2D eigenvalue weighted by Gasteiger charge is 2.23. The molecule has 2 N–H and O–H groups in total. The first-order valence-corrected chi connectivity index (χ1v) is 7.56. The number of benzene rings is 1. The van der Waals surface area contributed by atoms with Gasteiger partial charge in [0.05, 0.1) is 17.2 Å². The standard InChI is InChI=1S/C11H16FN3O4S/c1-11(2,14-20(3,18)19)7-13-9-5-4-8(12)6-10(9)15(16)17/h4-6,13-14H,7H2,1-3H3. The number of hydrogen-bond acceptors (Lipinski definition) is 5. The van der Waals surface area contributed by atoms with Gasteiger partial charge in [0.15, 0.2) is 0 Å². The van der Waals surface area contributed by atoms with Crippen molar-refractivity contribution in [3.63, 3.8) is 0 Å². The van der Waals surface area contributed by atoms with Crippen LogP contribution >= 0.6 is 0 Å². The highest BCUT2D eigenvalue weighted by molar-refractivity contribution is 7.88. The molecule has 1 aromatic rings. The molecule has 0 fully saturated rings. The van der Waals surface area contributed by atoms with Crippen molar-refractivity contribution in [3.8, 4) is 0 Å². The van der Waals surface area contributed by atoms with E-state index >= 15 is 0 Å². The van der Waals surface area contributed by atoms with Crippen molar-refractivity contribution in [2.45, 2.75) is 19.4 Å². The van der Waals surface area contributed by atoms with Gasteiger partial charge in [-0.2, -0.15) is 0 Å². The van der Waals surface area contributed by atoms with Crippen molar-refractivity contribution < 1.29 is 17.7 Å². The number of nitrogens with one attached hydrogen (secondary N) is 2. The molecule has 0 unspecified atom stereocenters. The average Bonchev–Trinajstić information content (AvgIpc) is 2.23. The molecule has 9 heteroatoms. The second-order valence-electron chi connectivity index (χ2n) is 5.03. The first-order chi connectivity index (χ1) is 9.00. The Morgan fingerprint density at radius 1 is 1.40 bits per heavy atom. The van der Waals surface area contributed by atoms with Crippen LogP contribution in [0.15, 0.2) is 18.2 Å². The summed E-state index contributed by atoms with van der Waals surface area (Å²) in [7, 11) is -3.40. The smallest absolute Gasteiger partial charge is 0.295 e. The minimum absolute atomic E-state index is 0.104. The number of nitro benzene ring substituents is 1. The molecule has 112 valence electrons. The highest BCUT2D eigenvalue weighted by atomic mass is 32.2. The van der Waals surface area contributed by atoms with Gasteiger partial charge < -0.3 is 5.32 Å². The molecule has 0 amide bonds. The molecule has 1 rings (SSSR count). The van der Waals surface area contributed by atoms with E-state index in [1.807, 2.05) is 0 Å². The molecule has 7 nitrogen and oxygen atoms in total. The minimum Gasteiger partial charge on any atom is -0.378 e. The van der Waals surface area contributed by atoms with Crippen molar-refractivity contribution >= 4 is 21.4 Å². The zero-order valence-corrected chi connectivity index (χ0v) is 12.1. The van der Waals surface area contributed by atoms with Crippen LogP contribution in [0.3, 0.4) is 0 Å². The summed E-state index contributed by atoms with van der Waals surface area (Å²) < 4.78 is 37.7. The number of anilines is 1. The van der Waals surface area contributed by atoms with Crippen LogP contribution in [-0.4, -0.2) is 31.7 Å². The van der Waals surface area contributed by atoms with E-state index in [0.717, 1.165) is 18.4 Å². The van der Waals surface area contributed by atoms with Crippen LogP contribution < -0.4 is 10.0 Å². The first-order valence-electron chi connectivity index (χ1n) is 5.67. The third-order valence-corrected chi connectivity index (χ3v) is 3.26. The zero-order chi connectivity index (χ0) is 15.6. The number of rotatable bonds is 6. The summed E-state index contributed by atoms with van der Waals surface area (Å²) in [6.07, 6.45) is 1.02. The molecule has 0 aliphatic heterocycles. The minimum atomic E-state index is -3.40. The molecule has 0 radical (unpaired) electrons. The lowest BCUT2D eigenvalue weighted by molar-refractivity contribution is -0.384. The molecular weight excluding hydrogens is 289 g/mol. The summed E-state index contributed by atoms with van der Waals surface area (Å²) >= 11 is 0. The van der Waals surface area contributed by atoms with Crippen LogP contribution in [0.5, 0.6) is 0 Å². The Kier molecular flexibility index (Phi) is 4.66. The van der Waals surface area contributed by atoms with E-state index in [9.17, 15) is 22.9 Å². The molecule has 20 heavy (non-hydrogen) atoms. The van der Waals surface area contributed by atoms with E-state index < -0.39 is 32.0 Å². The highest BCUT2D eigenvalue weighted by Crippen LogP contribution is 2.25. The lowest BCUT2D eigenvalue weighted by Crippen LogP contribution is -2.47. The lowest BCUT2D eigenvalue weighted by Gasteiger charge is -2.25. The van der Waals surface area contributed by atoms with Crippen LogP contribution in [0.2, 0.25) is 0 Å². The van der Waals surface area contributed by atoms with Crippen molar-refractivity contribution in [1.82, 2.24) is 4.72 Å². The monoisotopic (exact) mass is 305 g/mol. The summed E-state index contributed by atoms with van der Waals surface area (Å²) in [5.41, 5.74) is -1.13. The fourth-order valence-corrected chi connectivity index (χ4v) is 2.74. The van der Waals surface area contributed by atoms with E-state index in [4.69, 9.17) is 0 Å². The Morgan fingerprint density at radius 2 is 2.00 bits per heavy atom. The molecule has 0 aromatic heterocycles. The number of hydrogen-bond donors (Lipinski definition) is 2. The van der Waals surface area contributed by atoms with E-state index in [1.54, 1.807) is 13.8 Å². The number of sulfonamides is 1. The second kappa shape index (κ2) is 5.71. The second-order valence-corrected chi connectivity index (χ2v) is 6.78. The Hall–Kier alpha value is -1.74. The van der Waals surface area contributed by atoms with Gasteiger partial charge in [-0.3, -0.25) is 10.1 Å². The Balaban J connectivity index is 2.87. The summed E-state index contributed by atoms with van der Waals surface area (Å²) in [6.45, 7) is 3.35. The quantitative estimate of drug-likeness (QED) is 0.612. The van der Waals surface area contributed by atoms with Gasteiger partial charge >= 0.3 is 0 Å². The van der Waals surface area contributed by atoms with Crippen molar-refractivity contribution in [1.29, 1.82) is 0 Å². The zero-order valence-electron chi connectivity index (χ0n) is 11.3. The third kappa shape index (κ3) is 5.10. The molecule has 0 saturated heterocycles. The Labute approximate surface area is 116 Å². The number of nitrogens with zero attached hydrogens (tertiary/aromatic N) is 1. The predicted molar refractivity (Wildman–Crippen MR) is 73.6 cm³/mol. The van der Waals surface area contributed by atoms with Crippen molar-refractivity contribution in [2.75, 3.05) is 18.1 Å². The summed E-state index contributed by atoms with van der Waals surface area (Å²) in [6, 6.07) is 3.13. The fourth-order valence-electron chi connectivity index (χ4n) is 1.66. The largest absolute Gasteiger partial charge is 0.378 e. The first kappa shape index (κ1) is 16.3. The van der Waals surface area contributed by atoms with E-state index in [2.05, 4.69) is 10.0 Å². The molecule has 0 atom stereocenters. The molecule has 0 aliphatic rings.